The third kappa shape index (κ3) is 5.92. The summed E-state index contributed by atoms with van der Waals surface area (Å²) in [4.78, 5) is 11.8. The molecule has 1 aromatic heterocycles. The van der Waals surface area contributed by atoms with Gasteiger partial charge in [0.2, 0.25) is 0 Å². The predicted molar refractivity (Wildman–Crippen MR) is 79.6 cm³/mol. The van der Waals surface area contributed by atoms with E-state index in [0.29, 0.717) is 24.6 Å². The summed E-state index contributed by atoms with van der Waals surface area (Å²) in [5, 5.41) is 3.82. The molecule has 0 aliphatic rings. The molecule has 1 atom stereocenters. The molecule has 0 aromatic carbocycles. The van der Waals surface area contributed by atoms with Crippen LogP contribution in [0.25, 0.3) is 0 Å². The lowest BCUT2D eigenvalue weighted by molar-refractivity contribution is -0.146. The monoisotopic (exact) mass is 304 g/mol. The maximum Gasteiger partial charge on any atom is 0.306 e. The van der Waals surface area contributed by atoms with E-state index in [1.807, 2.05) is 13.8 Å². The van der Waals surface area contributed by atoms with Crippen LogP contribution in [0.1, 0.15) is 43.7 Å². The lowest BCUT2D eigenvalue weighted by atomic mass is 9.94. The van der Waals surface area contributed by atoms with E-state index in [-0.39, 0.29) is 30.9 Å². The maximum absolute atomic E-state index is 11.8. The van der Waals surface area contributed by atoms with Crippen molar-refractivity contribution in [3.63, 3.8) is 0 Å². The minimum atomic E-state index is -0.212. The van der Waals surface area contributed by atoms with Crippen molar-refractivity contribution in [3.8, 4) is 0 Å². The molecule has 1 aromatic rings. The van der Waals surface area contributed by atoms with Gasteiger partial charge in [0, 0.05) is 6.42 Å². The highest BCUT2D eigenvalue weighted by molar-refractivity contribution is 5.85. The number of carbonyl (C=O) groups is 1. The van der Waals surface area contributed by atoms with Crippen molar-refractivity contribution < 1.29 is 14.1 Å². The summed E-state index contributed by atoms with van der Waals surface area (Å²) in [6.45, 7) is 8.62. The smallest absolute Gasteiger partial charge is 0.306 e. The van der Waals surface area contributed by atoms with Crippen LogP contribution < -0.4 is 5.73 Å². The number of ether oxygens (including phenoxy) is 1. The first kappa shape index (κ1) is 18.9. The number of aryl methyl sites for hydroxylation is 2. The SMILES string of the molecule is Cc1noc(C)c1COC(=O)C[C@@H](CN)CC(C)C.Cl. The number of aromatic nitrogens is 1. The van der Waals surface area contributed by atoms with Gasteiger partial charge in [0.05, 0.1) is 11.3 Å². The Kier molecular flexibility index (Phi) is 8.49. The molecule has 0 fully saturated rings. The van der Waals surface area contributed by atoms with E-state index in [9.17, 15) is 4.79 Å². The van der Waals surface area contributed by atoms with E-state index >= 15 is 0 Å². The van der Waals surface area contributed by atoms with Crippen LogP contribution in [-0.4, -0.2) is 17.7 Å². The Bertz CT molecular complexity index is 399. The summed E-state index contributed by atoms with van der Waals surface area (Å²) in [5.41, 5.74) is 7.29. The lowest BCUT2D eigenvalue weighted by Gasteiger charge is -2.16. The second-order valence-electron chi connectivity index (χ2n) is 5.40. The fraction of sp³-hybridized carbons (Fsp3) is 0.714. The van der Waals surface area contributed by atoms with Gasteiger partial charge in [0.25, 0.3) is 0 Å². The zero-order chi connectivity index (χ0) is 14.4. The Labute approximate surface area is 126 Å². The first-order valence-corrected chi connectivity index (χ1v) is 6.71. The summed E-state index contributed by atoms with van der Waals surface area (Å²) >= 11 is 0. The molecule has 0 saturated heterocycles. The zero-order valence-electron chi connectivity index (χ0n) is 12.6. The summed E-state index contributed by atoms with van der Waals surface area (Å²) in [5.74, 6) is 1.21. The third-order valence-electron chi connectivity index (χ3n) is 3.15. The molecule has 1 heterocycles. The van der Waals surface area contributed by atoms with Crippen LogP contribution in [0.2, 0.25) is 0 Å². The topological polar surface area (TPSA) is 78.4 Å². The maximum atomic E-state index is 11.8. The number of hydrogen-bond donors (Lipinski definition) is 1. The molecule has 0 aliphatic heterocycles. The van der Waals surface area contributed by atoms with Crippen molar-refractivity contribution in [2.24, 2.45) is 17.6 Å². The quantitative estimate of drug-likeness (QED) is 0.784. The number of nitrogens with two attached hydrogens (primary N) is 1. The minimum absolute atomic E-state index is 0. The number of hydrogen-bond acceptors (Lipinski definition) is 5. The van der Waals surface area contributed by atoms with E-state index in [1.165, 1.54) is 0 Å². The van der Waals surface area contributed by atoms with Gasteiger partial charge < -0.3 is 15.0 Å². The fourth-order valence-corrected chi connectivity index (χ4v) is 2.08. The molecular weight excluding hydrogens is 280 g/mol. The molecule has 1 rings (SSSR count). The van der Waals surface area contributed by atoms with Crippen LogP contribution in [0.4, 0.5) is 0 Å². The molecule has 0 unspecified atom stereocenters. The normalized spacial score (nSPS) is 12.1. The average Bonchev–Trinajstić information content (AvgIpc) is 2.65. The van der Waals surface area contributed by atoms with Gasteiger partial charge in [0.1, 0.15) is 12.4 Å². The van der Waals surface area contributed by atoms with Crippen LogP contribution in [-0.2, 0) is 16.1 Å². The molecule has 2 N–H and O–H groups in total. The highest BCUT2D eigenvalue weighted by atomic mass is 35.5. The Morgan fingerprint density at radius 1 is 1.40 bits per heavy atom. The van der Waals surface area contributed by atoms with Gasteiger partial charge in [-0.15, -0.1) is 12.4 Å². The molecule has 0 radical (unpaired) electrons. The molecule has 116 valence electrons. The molecule has 0 amide bonds. The third-order valence-corrected chi connectivity index (χ3v) is 3.15. The fourth-order valence-electron chi connectivity index (χ4n) is 2.08. The van der Waals surface area contributed by atoms with Crippen LogP contribution in [0.5, 0.6) is 0 Å². The van der Waals surface area contributed by atoms with Crippen molar-refractivity contribution in [3.05, 3.63) is 17.0 Å². The average molecular weight is 305 g/mol. The number of carbonyl (C=O) groups excluding carboxylic acids is 1. The molecule has 6 heteroatoms. The van der Waals surface area contributed by atoms with Gasteiger partial charge in [-0.05, 0) is 38.6 Å². The summed E-state index contributed by atoms with van der Waals surface area (Å²) in [7, 11) is 0. The molecule has 5 nitrogen and oxygen atoms in total. The van der Waals surface area contributed by atoms with E-state index in [2.05, 4.69) is 19.0 Å². The molecule has 0 spiro atoms. The number of esters is 1. The van der Waals surface area contributed by atoms with E-state index in [4.69, 9.17) is 15.0 Å². The van der Waals surface area contributed by atoms with E-state index < -0.39 is 0 Å². The number of nitrogens with zero attached hydrogens (tertiary/aromatic N) is 1. The Morgan fingerprint density at radius 3 is 2.50 bits per heavy atom. The summed E-state index contributed by atoms with van der Waals surface area (Å²) in [6, 6.07) is 0. The first-order chi connectivity index (χ1) is 8.93. The number of rotatable bonds is 7. The van der Waals surface area contributed by atoms with Gasteiger partial charge in [-0.3, -0.25) is 4.79 Å². The molecule has 0 bridgehead atoms. The van der Waals surface area contributed by atoms with Gasteiger partial charge in [-0.2, -0.15) is 0 Å². The standard InChI is InChI=1S/C14H24N2O3.ClH/c1-9(2)5-12(7-15)6-14(17)18-8-13-10(3)16-19-11(13)4;/h9,12H,5-8,15H2,1-4H3;1H/t12-;/m0./s1. The summed E-state index contributed by atoms with van der Waals surface area (Å²) < 4.78 is 10.3. The summed E-state index contributed by atoms with van der Waals surface area (Å²) in [6.07, 6.45) is 1.31. The Morgan fingerprint density at radius 2 is 2.05 bits per heavy atom. The highest BCUT2D eigenvalue weighted by Crippen LogP contribution is 2.17. The van der Waals surface area contributed by atoms with Crippen molar-refractivity contribution in [1.29, 1.82) is 0 Å². The second-order valence-corrected chi connectivity index (χ2v) is 5.40. The molecule has 0 aliphatic carbocycles. The molecule has 20 heavy (non-hydrogen) atoms. The van der Waals surface area contributed by atoms with Crippen molar-refractivity contribution in [1.82, 2.24) is 5.16 Å². The number of halogens is 1. The van der Waals surface area contributed by atoms with Crippen molar-refractivity contribution >= 4 is 18.4 Å². The predicted octanol–water partition coefficient (Wildman–Crippen LogP) is 2.77. The van der Waals surface area contributed by atoms with Gasteiger partial charge in [0.15, 0.2) is 0 Å². The highest BCUT2D eigenvalue weighted by Gasteiger charge is 2.17. The minimum Gasteiger partial charge on any atom is -0.461 e. The second kappa shape index (κ2) is 8.97. The van der Waals surface area contributed by atoms with Gasteiger partial charge in [-0.25, -0.2) is 0 Å². The Hall–Kier alpha value is -1.07. The molecule has 0 saturated carbocycles. The van der Waals surface area contributed by atoms with Crippen LogP contribution >= 0.6 is 12.4 Å². The van der Waals surface area contributed by atoms with Gasteiger partial charge >= 0.3 is 5.97 Å². The first-order valence-electron chi connectivity index (χ1n) is 6.71. The van der Waals surface area contributed by atoms with Crippen LogP contribution in [0, 0.1) is 25.7 Å². The van der Waals surface area contributed by atoms with Gasteiger partial charge in [-0.1, -0.05) is 19.0 Å². The zero-order valence-corrected chi connectivity index (χ0v) is 13.5. The largest absolute Gasteiger partial charge is 0.461 e. The van der Waals surface area contributed by atoms with Crippen LogP contribution in [0.15, 0.2) is 4.52 Å². The van der Waals surface area contributed by atoms with Crippen molar-refractivity contribution in [2.75, 3.05) is 6.54 Å². The Balaban J connectivity index is 0.00000361. The molecular formula is C14H25ClN2O3. The van der Waals surface area contributed by atoms with Crippen LogP contribution in [0.3, 0.4) is 0 Å². The van der Waals surface area contributed by atoms with E-state index in [1.54, 1.807) is 0 Å². The van der Waals surface area contributed by atoms with E-state index in [0.717, 1.165) is 17.7 Å². The lowest BCUT2D eigenvalue weighted by Crippen LogP contribution is -2.21. The van der Waals surface area contributed by atoms with Crippen molar-refractivity contribution in [2.45, 2.75) is 47.1 Å².